The lowest BCUT2D eigenvalue weighted by Gasteiger charge is -2.13. The molecule has 2 N–H and O–H groups in total. The molecule has 0 heterocycles. The van der Waals surface area contributed by atoms with Gasteiger partial charge in [-0.2, -0.15) is 0 Å². The number of benzene rings is 1. The number of amides is 1. The second-order valence-corrected chi connectivity index (χ2v) is 4.92. The van der Waals surface area contributed by atoms with Crippen molar-refractivity contribution in [1.82, 2.24) is 5.32 Å². The van der Waals surface area contributed by atoms with E-state index < -0.39 is 5.97 Å². The van der Waals surface area contributed by atoms with Gasteiger partial charge in [-0.3, -0.25) is 4.79 Å². The standard InChI is InChI=1S/C14H17NO3/c1-2-14(6-7-14)9-15-12(16)10-4-3-5-11(8-10)13(17)18/h3-5,8H,2,6-7,9H2,1H3,(H,15,16)(H,17,18). The van der Waals surface area contributed by atoms with E-state index in [4.69, 9.17) is 5.11 Å². The van der Waals surface area contributed by atoms with Gasteiger partial charge in [0.15, 0.2) is 0 Å². The Labute approximate surface area is 106 Å². The highest BCUT2D eigenvalue weighted by atomic mass is 16.4. The summed E-state index contributed by atoms with van der Waals surface area (Å²) < 4.78 is 0. The molecule has 18 heavy (non-hydrogen) atoms. The van der Waals surface area contributed by atoms with Crippen LogP contribution in [0.3, 0.4) is 0 Å². The van der Waals surface area contributed by atoms with Gasteiger partial charge < -0.3 is 10.4 Å². The smallest absolute Gasteiger partial charge is 0.335 e. The molecule has 1 aliphatic rings. The normalized spacial score (nSPS) is 16.1. The van der Waals surface area contributed by atoms with Crippen molar-refractivity contribution in [3.05, 3.63) is 35.4 Å². The van der Waals surface area contributed by atoms with Crippen LogP contribution in [0.15, 0.2) is 24.3 Å². The molecule has 1 aliphatic carbocycles. The van der Waals surface area contributed by atoms with Crippen LogP contribution in [0.4, 0.5) is 0 Å². The maximum absolute atomic E-state index is 11.9. The molecule has 0 unspecified atom stereocenters. The molecule has 1 fully saturated rings. The Bertz CT molecular complexity index is 478. The highest BCUT2D eigenvalue weighted by Crippen LogP contribution is 2.47. The zero-order valence-corrected chi connectivity index (χ0v) is 10.4. The molecule has 0 radical (unpaired) electrons. The fourth-order valence-electron chi connectivity index (χ4n) is 2.00. The molecular weight excluding hydrogens is 230 g/mol. The largest absolute Gasteiger partial charge is 0.478 e. The van der Waals surface area contributed by atoms with Crippen LogP contribution in [-0.2, 0) is 0 Å². The summed E-state index contributed by atoms with van der Waals surface area (Å²) >= 11 is 0. The molecule has 0 aliphatic heterocycles. The van der Waals surface area contributed by atoms with E-state index in [9.17, 15) is 9.59 Å². The van der Waals surface area contributed by atoms with Crippen LogP contribution in [0.2, 0.25) is 0 Å². The third-order valence-electron chi connectivity index (χ3n) is 3.70. The predicted octanol–water partition coefficient (Wildman–Crippen LogP) is 2.30. The molecule has 1 aromatic carbocycles. The van der Waals surface area contributed by atoms with E-state index in [1.54, 1.807) is 12.1 Å². The Kier molecular flexibility index (Phi) is 3.36. The highest BCUT2D eigenvalue weighted by molar-refractivity contribution is 5.97. The van der Waals surface area contributed by atoms with Gasteiger partial charge in [-0.15, -0.1) is 0 Å². The summed E-state index contributed by atoms with van der Waals surface area (Å²) in [6.07, 6.45) is 3.40. The summed E-state index contributed by atoms with van der Waals surface area (Å²) in [7, 11) is 0. The van der Waals surface area contributed by atoms with Crippen molar-refractivity contribution in [3.63, 3.8) is 0 Å². The molecule has 1 amide bonds. The summed E-state index contributed by atoms with van der Waals surface area (Å²) in [5.74, 6) is -1.21. The first-order valence-corrected chi connectivity index (χ1v) is 6.18. The van der Waals surface area contributed by atoms with Crippen molar-refractivity contribution in [2.45, 2.75) is 26.2 Å². The Morgan fingerprint density at radius 3 is 2.56 bits per heavy atom. The first-order chi connectivity index (χ1) is 8.56. The third-order valence-corrected chi connectivity index (χ3v) is 3.70. The van der Waals surface area contributed by atoms with Crippen LogP contribution < -0.4 is 5.32 Å². The molecule has 0 saturated heterocycles. The second kappa shape index (κ2) is 4.80. The van der Waals surface area contributed by atoms with Crippen molar-refractivity contribution in [2.24, 2.45) is 5.41 Å². The van der Waals surface area contributed by atoms with Gasteiger partial charge in [0.2, 0.25) is 0 Å². The van der Waals surface area contributed by atoms with Gasteiger partial charge in [0, 0.05) is 12.1 Å². The molecule has 0 spiro atoms. The Hall–Kier alpha value is -1.84. The monoisotopic (exact) mass is 247 g/mol. The molecule has 2 rings (SSSR count). The van der Waals surface area contributed by atoms with Gasteiger partial charge in [-0.25, -0.2) is 4.79 Å². The van der Waals surface area contributed by atoms with Crippen molar-refractivity contribution in [1.29, 1.82) is 0 Å². The third kappa shape index (κ3) is 2.70. The Morgan fingerprint density at radius 2 is 2.00 bits per heavy atom. The molecule has 4 heteroatoms. The number of hydrogen-bond donors (Lipinski definition) is 2. The maximum Gasteiger partial charge on any atom is 0.335 e. The van der Waals surface area contributed by atoms with Gasteiger partial charge in [-0.1, -0.05) is 13.0 Å². The zero-order chi connectivity index (χ0) is 13.2. The number of aromatic carboxylic acids is 1. The number of carboxylic acid groups (broad SMARTS) is 1. The number of carboxylic acids is 1. The van der Waals surface area contributed by atoms with Crippen LogP contribution in [0.5, 0.6) is 0 Å². The predicted molar refractivity (Wildman–Crippen MR) is 67.7 cm³/mol. The molecule has 96 valence electrons. The topological polar surface area (TPSA) is 66.4 Å². The minimum atomic E-state index is -1.02. The fourth-order valence-corrected chi connectivity index (χ4v) is 2.00. The summed E-state index contributed by atoms with van der Waals surface area (Å²) in [6.45, 7) is 2.81. The van der Waals surface area contributed by atoms with Crippen LogP contribution in [0, 0.1) is 5.41 Å². The molecular formula is C14H17NO3. The number of nitrogens with one attached hydrogen (secondary N) is 1. The molecule has 4 nitrogen and oxygen atoms in total. The fraction of sp³-hybridized carbons (Fsp3) is 0.429. The molecule has 1 aromatic rings. The van der Waals surface area contributed by atoms with E-state index >= 15 is 0 Å². The second-order valence-electron chi connectivity index (χ2n) is 4.92. The van der Waals surface area contributed by atoms with Crippen LogP contribution in [0.1, 0.15) is 46.9 Å². The summed E-state index contributed by atoms with van der Waals surface area (Å²) in [4.78, 5) is 22.7. The van der Waals surface area contributed by atoms with E-state index in [1.807, 2.05) is 0 Å². The van der Waals surface area contributed by atoms with Gasteiger partial charge in [0.1, 0.15) is 0 Å². The van der Waals surface area contributed by atoms with Crippen LogP contribution in [0.25, 0.3) is 0 Å². The van der Waals surface area contributed by atoms with Crippen molar-refractivity contribution < 1.29 is 14.7 Å². The van der Waals surface area contributed by atoms with Crippen LogP contribution in [-0.4, -0.2) is 23.5 Å². The van der Waals surface area contributed by atoms with Crippen LogP contribution >= 0.6 is 0 Å². The van der Waals surface area contributed by atoms with E-state index in [1.165, 1.54) is 25.0 Å². The first kappa shape index (κ1) is 12.6. The molecule has 0 aromatic heterocycles. The van der Waals surface area contributed by atoms with E-state index in [0.29, 0.717) is 17.5 Å². The van der Waals surface area contributed by atoms with Gasteiger partial charge in [-0.05, 0) is 42.9 Å². The number of rotatable bonds is 5. The lowest BCUT2D eigenvalue weighted by Crippen LogP contribution is -2.30. The Balaban J connectivity index is 2.00. The van der Waals surface area contributed by atoms with Crippen molar-refractivity contribution in [3.8, 4) is 0 Å². The summed E-state index contributed by atoms with van der Waals surface area (Å²) in [5.41, 5.74) is 0.834. The number of hydrogen-bond acceptors (Lipinski definition) is 2. The lowest BCUT2D eigenvalue weighted by molar-refractivity contribution is 0.0697. The average Bonchev–Trinajstić information content (AvgIpc) is 3.17. The van der Waals surface area contributed by atoms with E-state index in [2.05, 4.69) is 12.2 Å². The minimum absolute atomic E-state index is 0.138. The first-order valence-electron chi connectivity index (χ1n) is 6.18. The van der Waals surface area contributed by atoms with E-state index in [-0.39, 0.29) is 11.5 Å². The van der Waals surface area contributed by atoms with Gasteiger partial charge in [0.25, 0.3) is 5.91 Å². The average molecular weight is 247 g/mol. The maximum atomic E-state index is 11.9. The number of carbonyl (C=O) groups is 2. The van der Waals surface area contributed by atoms with Gasteiger partial charge >= 0.3 is 5.97 Å². The molecule has 0 bridgehead atoms. The number of carbonyl (C=O) groups excluding carboxylic acids is 1. The van der Waals surface area contributed by atoms with Crippen molar-refractivity contribution in [2.75, 3.05) is 6.54 Å². The summed E-state index contributed by atoms with van der Waals surface area (Å²) in [5, 5.41) is 11.8. The molecule has 1 saturated carbocycles. The van der Waals surface area contributed by atoms with E-state index in [0.717, 1.165) is 6.42 Å². The quantitative estimate of drug-likeness (QED) is 0.839. The lowest BCUT2D eigenvalue weighted by atomic mass is 10.0. The Morgan fingerprint density at radius 1 is 1.33 bits per heavy atom. The molecule has 0 atom stereocenters. The minimum Gasteiger partial charge on any atom is -0.478 e. The SMILES string of the molecule is CCC1(CNC(=O)c2cccc(C(=O)O)c2)CC1. The van der Waals surface area contributed by atoms with Crippen molar-refractivity contribution >= 4 is 11.9 Å². The summed E-state index contributed by atoms with van der Waals surface area (Å²) in [6, 6.07) is 6.11. The van der Waals surface area contributed by atoms with Gasteiger partial charge in [0.05, 0.1) is 5.56 Å². The zero-order valence-electron chi connectivity index (χ0n) is 10.4. The highest BCUT2D eigenvalue weighted by Gasteiger charge is 2.40.